The first-order chi connectivity index (χ1) is 7.27. The fourth-order valence-corrected chi connectivity index (χ4v) is 1.46. The van der Waals surface area contributed by atoms with Gasteiger partial charge in [-0.3, -0.25) is 0 Å². The molecule has 0 aliphatic rings. The Labute approximate surface area is 93.0 Å². The van der Waals surface area contributed by atoms with Crippen molar-refractivity contribution in [2.45, 2.75) is 32.8 Å². The first-order valence-electron chi connectivity index (χ1n) is 5.72. The number of rotatable bonds is 4. The van der Waals surface area contributed by atoms with Gasteiger partial charge in [0.05, 0.1) is 13.6 Å². The van der Waals surface area contributed by atoms with Crippen LogP contribution in [0.1, 0.15) is 27.7 Å². The minimum atomic E-state index is -1.49. The standard InChI is InChI=1S/C13H20O2/c1-12(2,13(3,15)10-14)9-11-7-5-4-6-8-11/h4-8,14-15H,9-10H2,1-3H3/t13-/m1/s1/i10D/t10-,13-. The summed E-state index contributed by atoms with van der Waals surface area (Å²) < 4.78 is 7.31. The van der Waals surface area contributed by atoms with Crippen LogP contribution >= 0.6 is 0 Å². The molecular weight excluding hydrogens is 188 g/mol. The zero-order chi connectivity index (χ0) is 12.4. The summed E-state index contributed by atoms with van der Waals surface area (Å²) in [6.07, 6.45) is 0.622. The van der Waals surface area contributed by atoms with E-state index >= 15 is 0 Å². The van der Waals surface area contributed by atoms with Crippen LogP contribution in [0, 0.1) is 5.41 Å². The summed E-state index contributed by atoms with van der Waals surface area (Å²) in [5, 5.41) is 19.5. The zero-order valence-electron chi connectivity index (χ0n) is 10.6. The predicted octanol–water partition coefficient (Wildman–Crippen LogP) is 2.00. The monoisotopic (exact) mass is 209 g/mol. The highest BCUT2D eigenvalue weighted by Crippen LogP contribution is 2.33. The van der Waals surface area contributed by atoms with Gasteiger partial charge in [0.1, 0.15) is 0 Å². The van der Waals surface area contributed by atoms with Gasteiger partial charge in [-0.1, -0.05) is 44.2 Å². The average Bonchev–Trinajstić information content (AvgIpc) is 2.18. The highest BCUT2D eigenvalue weighted by molar-refractivity contribution is 5.17. The van der Waals surface area contributed by atoms with E-state index in [0.717, 1.165) is 5.56 Å². The molecule has 0 fully saturated rings. The third-order valence-electron chi connectivity index (χ3n) is 3.11. The van der Waals surface area contributed by atoms with Crippen LogP contribution in [0.2, 0.25) is 0 Å². The summed E-state index contributed by atoms with van der Waals surface area (Å²) in [6.45, 7) is 3.73. The van der Waals surface area contributed by atoms with E-state index in [1.807, 2.05) is 44.2 Å². The molecule has 0 bridgehead atoms. The van der Waals surface area contributed by atoms with Gasteiger partial charge in [-0.05, 0) is 24.3 Å². The van der Waals surface area contributed by atoms with Crippen molar-refractivity contribution in [3.8, 4) is 0 Å². The molecule has 0 aromatic heterocycles. The quantitative estimate of drug-likeness (QED) is 0.796. The predicted molar refractivity (Wildman–Crippen MR) is 61.6 cm³/mol. The summed E-state index contributed by atoms with van der Waals surface area (Å²) >= 11 is 0. The van der Waals surface area contributed by atoms with Crippen molar-refractivity contribution in [1.82, 2.24) is 0 Å². The Bertz CT molecular complexity index is 331. The second-order valence-corrected chi connectivity index (χ2v) is 4.82. The van der Waals surface area contributed by atoms with Gasteiger partial charge >= 0.3 is 0 Å². The average molecular weight is 209 g/mol. The maximum Gasteiger partial charge on any atom is 0.0903 e. The summed E-state index contributed by atoms with van der Waals surface area (Å²) in [5.41, 5.74) is -0.897. The van der Waals surface area contributed by atoms with Gasteiger partial charge in [0.15, 0.2) is 0 Å². The van der Waals surface area contributed by atoms with E-state index in [1.165, 1.54) is 6.92 Å². The van der Waals surface area contributed by atoms with Gasteiger partial charge < -0.3 is 10.2 Å². The maximum absolute atomic E-state index is 10.1. The Morgan fingerprint density at radius 3 is 2.20 bits per heavy atom. The minimum Gasteiger partial charge on any atom is -0.393 e. The van der Waals surface area contributed by atoms with E-state index in [1.54, 1.807) is 0 Å². The summed E-state index contributed by atoms with van der Waals surface area (Å²) in [6, 6.07) is 9.78. The molecule has 0 aliphatic carbocycles. The Morgan fingerprint density at radius 2 is 1.73 bits per heavy atom. The lowest BCUT2D eigenvalue weighted by molar-refractivity contribution is -0.0875. The number of aliphatic hydroxyl groups is 2. The number of benzene rings is 1. The third kappa shape index (κ3) is 2.80. The highest BCUT2D eigenvalue weighted by Gasteiger charge is 2.38. The Hall–Kier alpha value is -0.860. The smallest absolute Gasteiger partial charge is 0.0903 e. The van der Waals surface area contributed by atoms with Crippen molar-refractivity contribution in [1.29, 1.82) is 0 Å². The van der Waals surface area contributed by atoms with Crippen molar-refractivity contribution in [2.24, 2.45) is 5.41 Å². The van der Waals surface area contributed by atoms with E-state index in [4.69, 9.17) is 1.37 Å². The van der Waals surface area contributed by atoms with E-state index in [2.05, 4.69) is 0 Å². The van der Waals surface area contributed by atoms with Gasteiger partial charge in [0, 0.05) is 0 Å². The fraction of sp³-hybridized carbons (Fsp3) is 0.538. The van der Waals surface area contributed by atoms with Crippen LogP contribution in [0.3, 0.4) is 0 Å². The minimum absolute atomic E-state index is 0.560. The van der Waals surface area contributed by atoms with Gasteiger partial charge in [-0.2, -0.15) is 0 Å². The molecule has 0 radical (unpaired) electrons. The molecule has 0 unspecified atom stereocenters. The molecule has 1 rings (SSSR count). The molecule has 0 spiro atoms. The van der Waals surface area contributed by atoms with Crippen LogP contribution in [0.4, 0.5) is 0 Å². The zero-order valence-corrected chi connectivity index (χ0v) is 9.57. The largest absolute Gasteiger partial charge is 0.393 e. The van der Waals surface area contributed by atoms with Crippen molar-refractivity contribution >= 4 is 0 Å². The fourth-order valence-electron chi connectivity index (χ4n) is 1.46. The van der Waals surface area contributed by atoms with Crippen LogP contribution in [-0.2, 0) is 6.42 Å². The SMILES string of the molecule is [2H][C@@H](O)[C@@](C)(O)C(C)(C)Cc1ccccc1. The molecule has 2 N–H and O–H groups in total. The Kier molecular flexibility index (Phi) is 3.08. The number of hydrogen-bond acceptors (Lipinski definition) is 2. The van der Waals surface area contributed by atoms with Crippen molar-refractivity contribution in [2.75, 3.05) is 6.58 Å². The molecule has 84 valence electrons. The normalized spacial score (nSPS) is 19.1. The van der Waals surface area contributed by atoms with Crippen molar-refractivity contribution < 1.29 is 11.6 Å². The molecule has 0 saturated heterocycles. The second-order valence-electron chi connectivity index (χ2n) is 4.82. The number of hydrogen-bond donors (Lipinski definition) is 2. The van der Waals surface area contributed by atoms with E-state index in [-0.39, 0.29) is 0 Å². The maximum atomic E-state index is 10.1. The first-order valence-corrected chi connectivity index (χ1v) is 5.14. The van der Waals surface area contributed by atoms with E-state index in [9.17, 15) is 10.2 Å². The van der Waals surface area contributed by atoms with Crippen LogP contribution < -0.4 is 0 Å². The van der Waals surface area contributed by atoms with Gasteiger partial charge in [-0.15, -0.1) is 0 Å². The molecule has 0 aliphatic heterocycles. The molecule has 1 aromatic rings. The summed E-state index contributed by atoms with van der Waals surface area (Å²) in [7, 11) is 0. The summed E-state index contributed by atoms with van der Waals surface area (Å²) in [5.74, 6) is 0. The van der Waals surface area contributed by atoms with Crippen LogP contribution in [0.5, 0.6) is 0 Å². The lowest BCUT2D eigenvalue weighted by Gasteiger charge is -2.39. The molecule has 2 nitrogen and oxygen atoms in total. The molecule has 2 atom stereocenters. The van der Waals surface area contributed by atoms with Gasteiger partial charge in [0.2, 0.25) is 0 Å². The van der Waals surface area contributed by atoms with Gasteiger partial charge in [-0.25, -0.2) is 0 Å². The second kappa shape index (κ2) is 4.33. The highest BCUT2D eigenvalue weighted by atomic mass is 16.3. The molecular formula is C13H20O2. The molecule has 0 heterocycles. The third-order valence-corrected chi connectivity index (χ3v) is 3.11. The van der Waals surface area contributed by atoms with Crippen LogP contribution in [-0.4, -0.2) is 22.4 Å². The van der Waals surface area contributed by atoms with Gasteiger partial charge in [0.25, 0.3) is 0 Å². The lowest BCUT2D eigenvalue weighted by Crippen LogP contribution is -2.46. The lowest BCUT2D eigenvalue weighted by atomic mass is 9.72. The van der Waals surface area contributed by atoms with E-state index in [0.29, 0.717) is 6.42 Å². The van der Waals surface area contributed by atoms with Crippen molar-refractivity contribution in [3.05, 3.63) is 35.9 Å². The molecule has 2 heteroatoms. The summed E-state index contributed by atoms with van der Waals surface area (Å²) in [4.78, 5) is 0. The molecule has 0 saturated carbocycles. The number of aliphatic hydroxyl groups excluding tert-OH is 1. The molecule has 0 amide bonds. The molecule has 1 aromatic carbocycles. The Morgan fingerprint density at radius 1 is 1.20 bits per heavy atom. The Balaban J connectivity index is 2.87. The first kappa shape index (κ1) is 10.7. The topological polar surface area (TPSA) is 40.5 Å². The van der Waals surface area contributed by atoms with Crippen molar-refractivity contribution in [3.63, 3.8) is 0 Å². The van der Waals surface area contributed by atoms with E-state index < -0.39 is 17.6 Å². The molecule has 15 heavy (non-hydrogen) atoms. The van der Waals surface area contributed by atoms with Crippen LogP contribution in [0.25, 0.3) is 0 Å². The van der Waals surface area contributed by atoms with Crippen LogP contribution in [0.15, 0.2) is 30.3 Å².